The highest BCUT2D eigenvalue weighted by molar-refractivity contribution is 7.89. The lowest BCUT2D eigenvalue weighted by Gasteiger charge is -2.42. The number of methoxy groups -OCH3 is 2. The lowest BCUT2D eigenvalue weighted by molar-refractivity contribution is -0.197. The van der Waals surface area contributed by atoms with Crippen LogP contribution in [0.1, 0.15) is 142 Å². The van der Waals surface area contributed by atoms with E-state index in [0.717, 1.165) is 79.2 Å². The Kier molecular flexibility index (Phi) is 25.9. The summed E-state index contributed by atoms with van der Waals surface area (Å²) in [5.74, 6) is -0.345. The lowest BCUT2D eigenvalue weighted by Crippen LogP contribution is -2.57. The first-order valence-corrected chi connectivity index (χ1v) is 36.3. The fourth-order valence-electron chi connectivity index (χ4n) is 13.7. The van der Waals surface area contributed by atoms with Crippen LogP contribution in [-0.2, 0) is 57.9 Å². The van der Waals surface area contributed by atoms with Gasteiger partial charge in [-0.3, -0.25) is 9.59 Å². The number of hydrogen-bond donors (Lipinski definition) is 1. The number of anilines is 2. The lowest BCUT2D eigenvalue weighted by atomic mass is 9.92. The minimum Gasteiger partial charge on any atom is -0.504 e. The van der Waals surface area contributed by atoms with E-state index in [9.17, 15) is 41.1 Å². The highest BCUT2D eigenvalue weighted by Gasteiger charge is 2.50. The minimum atomic E-state index is -3.80. The van der Waals surface area contributed by atoms with Crippen molar-refractivity contribution in [3.05, 3.63) is 138 Å². The fraction of sp³-hybridized carbons (Fsp3) is 0.507. The molecule has 0 bridgehead atoms. The first-order chi connectivity index (χ1) is 47.3. The molecule has 25 nitrogen and oxygen atoms in total. The van der Waals surface area contributed by atoms with Crippen LogP contribution in [0.25, 0.3) is 11.1 Å². The third-order valence-corrected chi connectivity index (χ3v) is 22.8. The molecule has 1 N–H and O–H groups in total. The van der Waals surface area contributed by atoms with E-state index < -0.39 is 81.8 Å². The van der Waals surface area contributed by atoms with Crippen LogP contribution < -0.4 is 19.3 Å². The minimum absolute atomic E-state index is 0. The Balaban J connectivity index is 0.000000229. The van der Waals surface area contributed by atoms with E-state index in [-0.39, 0.29) is 97.5 Å². The maximum Gasteiger partial charge on any atom is 0.416 e. The molecule has 8 aliphatic heterocycles. The number of benzene rings is 4. The Morgan fingerprint density at radius 1 is 0.570 bits per heavy atom. The zero-order valence-corrected chi connectivity index (χ0v) is 57.8. The van der Waals surface area contributed by atoms with Crippen molar-refractivity contribution in [3.8, 4) is 17.2 Å². The number of aryl methyl sites for hydroxylation is 1. The number of sulfonamides is 2. The van der Waals surface area contributed by atoms with Gasteiger partial charge in [0.25, 0.3) is 11.8 Å². The van der Waals surface area contributed by atoms with Crippen molar-refractivity contribution < 1.29 is 88.5 Å². The molecule has 8 aliphatic rings. The molecule has 0 spiro atoms. The molecule has 4 fully saturated rings. The van der Waals surface area contributed by atoms with Gasteiger partial charge in [0.15, 0.2) is 36.5 Å². The number of ether oxygens (including phenoxy) is 10. The Bertz CT molecular complexity index is 3620. The Morgan fingerprint density at radius 2 is 0.960 bits per heavy atom. The van der Waals surface area contributed by atoms with Crippen LogP contribution in [0.15, 0.2) is 120 Å². The first kappa shape index (κ1) is 76.5. The van der Waals surface area contributed by atoms with Crippen molar-refractivity contribution >= 4 is 66.6 Å². The van der Waals surface area contributed by atoms with Crippen LogP contribution in [-0.4, -0.2) is 195 Å². The van der Waals surface area contributed by atoms with Gasteiger partial charge in [-0.15, -0.1) is 0 Å². The predicted molar refractivity (Wildman–Crippen MR) is 376 cm³/mol. The monoisotopic (exact) mass is 1420 g/mol. The summed E-state index contributed by atoms with van der Waals surface area (Å²) < 4.78 is 115. The van der Waals surface area contributed by atoms with Crippen molar-refractivity contribution in [3.63, 3.8) is 0 Å². The highest BCUT2D eigenvalue weighted by atomic mass is 32.2. The number of phenolic OH excluding ortho intramolecular Hbond substituents is 1. The van der Waals surface area contributed by atoms with Gasteiger partial charge in [-0.05, 0) is 167 Å². The molecule has 0 radical (unpaired) electrons. The smallest absolute Gasteiger partial charge is 0.416 e. The number of nitrogens with zero attached hydrogens (tertiary/aromatic N) is 6. The van der Waals surface area contributed by atoms with E-state index in [0.29, 0.717) is 70.0 Å². The summed E-state index contributed by atoms with van der Waals surface area (Å²) in [6.45, 7) is 11.5. The zero-order valence-electron chi connectivity index (χ0n) is 56.1. The summed E-state index contributed by atoms with van der Waals surface area (Å²) >= 11 is 0. The van der Waals surface area contributed by atoms with E-state index >= 15 is 0 Å². The van der Waals surface area contributed by atoms with Gasteiger partial charge in [0.05, 0.1) is 58.6 Å². The molecule has 12 rings (SSSR count). The van der Waals surface area contributed by atoms with Crippen molar-refractivity contribution in [2.24, 2.45) is 0 Å². The maximum absolute atomic E-state index is 14.3. The molecule has 0 saturated carbocycles. The van der Waals surface area contributed by atoms with Crippen molar-refractivity contribution in [2.75, 3.05) is 90.8 Å². The number of aromatic hydroxyl groups is 1. The molecule has 0 aliphatic carbocycles. The largest absolute Gasteiger partial charge is 0.504 e. The molecule has 100 heavy (non-hydrogen) atoms. The molecule has 4 aromatic carbocycles. The molecule has 4 aromatic rings. The van der Waals surface area contributed by atoms with Gasteiger partial charge < -0.3 is 62.3 Å². The molecule has 8 heterocycles. The SMILES string of the molecule is C.C.C=CCOC(=O)N1c2cc(C)c(OC)cc2C(=O)N2CC=C(c3ccc(S(=O)(=O)N(C)C4CCCCO4)cc3)C[C@H]2C1OC1CCCCO1.C=CCOC(=O)N1c2cc(O)c(OC)cc2C(=O)N2CC=C(c3ccc(S(=O)(=O)N(C)C4CCCCO4)cc3)C[C@H]2C1OC1CCCCO1. The van der Waals surface area contributed by atoms with E-state index in [2.05, 4.69) is 13.2 Å². The van der Waals surface area contributed by atoms with E-state index in [4.69, 9.17) is 47.4 Å². The summed E-state index contributed by atoms with van der Waals surface area (Å²) in [5, 5.41) is 10.8. The number of carbonyl (C=O) groups is 4. The summed E-state index contributed by atoms with van der Waals surface area (Å²) in [5.41, 5.74) is 4.90. The summed E-state index contributed by atoms with van der Waals surface area (Å²) in [7, 11) is -1.58. The third kappa shape index (κ3) is 16.3. The summed E-state index contributed by atoms with van der Waals surface area (Å²) in [6.07, 6.45) is 11.3. The number of rotatable bonds is 18. The topological polar surface area (TPSA) is 269 Å². The Hall–Kier alpha value is -7.70. The van der Waals surface area contributed by atoms with Gasteiger partial charge in [-0.2, -0.15) is 8.61 Å². The molecular formula is C73H96N6O19S2. The van der Waals surface area contributed by atoms with Crippen molar-refractivity contribution in [1.82, 2.24) is 18.4 Å². The van der Waals surface area contributed by atoms with Crippen LogP contribution >= 0.6 is 0 Å². The normalized spacial score (nSPS) is 23.9. The summed E-state index contributed by atoms with van der Waals surface area (Å²) in [6, 6.07) is 18.2. The Morgan fingerprint density at radius 3 is 1.33 bits per heavy atom. The van der Waals surface area contributed by atoms with Crippen molar-refractivity contribution in [1.29, 1.82) is 0 Å². The number of fused-ring (bicyclic) bond motifs is 4. The maximum atomic E-state index is 14.3. The highest BCUT2D eigenvalue weighted by Crippen LogP contribution is 2.45. The van der Waals surface area contributed by atoms with Gasteiger partial charge in [-0.25, -0.2) is 36.2 Å². The van der Waals surface area contributed by atoms with Crippen LogP contribution in [0.5, 0.6) is 17.2 Å². The molecule has 0 aromatic heterocycles. The molecule has 27 heteroatoms. The fourth-order valence-corrected chi connectivity index (χ4v) is 16.2. The van der Waals surface area contributed by atoms with E-state index in [1.54, 1.807) is 77.5 Å². The van der Waals surface area contributed by atoms with Crippen molar-refractivity contribution in [2.45, 2.75) is 171 Å². The van der Waals surface area contributed by atoms with Gasteiger partial charge in [0, 0.05) is 59.7 Å². The van der Waals surface area contributed by atoms with Crippen LogP contribution in [0.3, 0.4) is 0 Å². The number of phenols is 1. The standard InChI is InChI=1S/C36H45N3O9S.C35H43N3O10S.2CH4/c1-5-18-47-36(41)39-29-21-24(2)31(44-4)23-28(29)34(40)38-17-16-26(22-30(38)35(39)48-33-11-7-9-20-46-33)25-12-14-27(15-13-25)49(42,43)37(3)32-10-6-8-19-45-32;1-4-17-47-35(41)38-27-22-29(39)30(44-3)21-26(27)33(40)37-16-15-24(20-28(37)34(38)48-32-10-6-8-19-46-32)23-11-13-25(14-12-23)49(42,43)36(2)31-9-5-7-18-45-31;;/h5,12-16,21,23,30,32-33,35H,1,6-11,17-20,22H2,2-4H3;4,11-15,21-22,28,31-32,34,39H,1,5-10,16-20H2,2-3H3;2*1H4/t30-,32?,33?,35?;28-,31?,32?,34?;;/m00../s1. The van der Waals surface area contributed by atoms with E-state index in [1.165, 1.54) is 64.0 Å². The third-order valence-electron chi connectivity index (χ3n) is 19.0. The molecule has 6 unspecified atom stereocenters. The van der Waals surface area contributed by atoms with Crippen LogP contribution in [0.4, 0.5) is 21.0 Å². The molecule has 4 saturated heterocycles. The van der Waals surface area contributed by atoms with E-state index in [1.807, 2.05) is 19.1 Å². The second-order valence-electron chi connectivity index (χ2n) is 25.1. The summed E-state index contributed by atoms with van der Waals surface area (Å²) in [4.78, 5) is 62.7. The first-order valence-electron chi connectivity index (χ1n) is 33.5. The average Bonchev–Trinajstić information content (AvgIpc) is 1.62. The van der Waals surface area contributed by atoms with Crippen LogP contribution in [0.2, 0.25) is 0 Å². The second kappa shape index (κ2) is 33.9. The zero-order chi connectivity index (χ0) is 69.4. The number of amides is 4. The molecule has 4 amide bonds. The van der Waals surface area contributed by atoms with Gasteiger partial charge in [0.2, 0.25) is 20.0 Å². The number of hydrogen-bond acceptors (Lipinski definition) is 19. The quantitative estimate of drug-likeness (QED) is 0.0907. The molecule has 8 atom stereocenters. The number of carbonyl (C=O) groups excluding carboxylic acids is 4. The average molecular weight is 1430 g/mol. The van der Waals surface area contributed by atoms with Crippen LogP contribution in [0, 0.1) is 6.92 Å². The second-order valence-corrected chi connectivity index (χ2v) is 29.1. The predicted octanol–water partition coefficient (Wildman–Crippen LogP) is 11.6. The van der Waals surface area contributed by atoms with Gasteiger partial charge >= 0.3 is 12.2 Å². The molecular weight excluding hydrogens is 1330 g/mol. The van der Waals surface area contributed by atoms with Gasteiger partial charge in [0.1, 0.15) is 31.4 Å². The van der Waals surface area contributed by atoms with Gasteiger partial charge in [-0.1, -0.05) is 76.6 Å². The Labute approximate surface area is 587 Å². The molecule has 544 valence electrons.